The molecular weight excluding hydrogens is 480 g/mol. The number of carbonyl (C=O) groups excluding carboxylic acids is 3. The van der Waals surface area contributed by atoms with Crippen LogP contribution in [0.1, 0.15) is 66.4 Å². The number of hydrazine groups is 1. The van der Waals surface area contributed by atoms with E-state index in [0.29, 0.717) is 22.0 Å². The smallest absolute Gasteiger partial charge is 0.269 e. The normalized spacial score (nSPS) is 16.3. The Bertz CT molecular complexity index is 1280. The highest BCUT2D eigenvalue weighted by Crippen LogP contribution is 2.39. The summed E-state index contributed by atoms with van der Waals surface area (Å²) in [4.78, 5) is 38.3. The summed E-state index contributed by atoms with van der Waals surface area (Å²) in [5.41, 5.74) is 4.83. The maximum Gasteiger partial charge on any atom is 0.269 e. The fourth-order valence-electron chi connectivity index (χ4n) is 4.15. The van der Waals surface area contributed by atoms with Gasteiger partial charge in [-0.25, -0.2) is 4.68 Å². The summed E-state index contributed by atoms with van der Waals surface area (Å²) in [5, 5.41) is 11.2. The van der Waals surface area contributed by atoms with Crippen LogP contribution in [0.25, 0.3) is 0 Å². The van der Waals surface area contributed by atoms with Crippen molar-refractivity contribution >= 4 is 35.1 Å². The molecular formula is C26H29ClN6O3. The number of rotatable bonds is 5. The molecule has 3 amide bonds. The Balaban J connectivity index is 1.45. The maximum atomic E-state index is 13.3. The third-order valence-corrected chi connectivity index (χ3v) is 6.45. The number of amides is 3. The molecule has 3 aromatic rings. The lowest BCUT2D eigenvalue weighted by Gasteiger charge is -2.38. The molecule has 1 aliphatic rings. The highest BCUT2D eigenvalue weighted by atomic mass is 35.5. The van der Waals surface area contributed by atoms with Crippen LogP contribution in [-0.2, 0) is 10.3 Å². The van der Waals surface area contributed by atoms with Crippen molar-refractivity contribution in [2.24, 2.45) is 0 Å². The molecule has 0 fully saturated rings. The van der Waals surface area contributed by atoms with Crippen molar-refractivity contribution in [1.29, 1.82) is 0 Å². The van der Waals surface area contributed by atoms with E-state index in [1.807, 2.05) is 30.3 Å². The molecule has 4 N–H and O–H groups in total. The van der Waals surface area contributed by atoms with Crippen molar-refractivity contribution in [1.82, 2.24) is 25.9 Å². The Hall–Kier alpha value is -3.85. The van der Waals surface area contributed by atoms with Gasteiger partial charge in [-0.05, 0) is 63.9 Å². The van der Waals surface area contributed by atoms with Gasteiger partial charge in [0.05, 0.1) is 17.8 Å². The lowest BCUT2D eigenvalue weighted by Crippen LogP contribution is -2.58. The van der Waals surface area contributed by atoms with E-state index in [4.69, 9.17) is 11.6 Å². The van der Waals surface area contributed by atoms with Crippen molar-refractivity contribution in [3.8, 4) is 0 Å². The number of fused-ring (bicyclic) bond motifs is 1. The minimum Gasteiger partial charge on any atom is -0.363 e. The van der Waals surface area contributed by atoms with E-state index < -0.39 is 23.3 Å². The van der Waals surface area contributed by atoms with E-state index in [1.165, 1.54) is 18.3 Å². The number of aromatic nitrogens is 2. The fourth-order valence-corrected chi connectivity index (χ4v) is 4.28. The van der Waals surface area contributed by atoms with Gasteiger partial charge < -0.3 is 10.6 Å². The predicted octanol–water partition coefficient (Wildman–Crippen LogP) is 3.80. The molecule has 4 rings (SSSR count). The zero-order valence-corrected chi connectivity index (χ0v) is 21.3. The average Bonchev–Trinajstić information content (AvgIpc) is 3.28. The average molecular weight is 509 g/mol. The van der Waals surface area contributed by atoms with Crippen LogP contribution in [-0.4, -0.2) is 33.0 Å². The van der Waals surface area contributed by atoms with Crippen LogP contribution in [0.3, 0.4) is 0 Å². The summed E-state index contributed by atoms with van der Waals surface area (Å²) in [7, 11) is 0. The van der Waals surface area contributed by atoms with Crippen LogP contribution in [0, 0.1) is 0 Å². The zero-order chi connectivity index (χ0) is 26.1. The summed E-state index contributed by atoms with van der Waals surface area (Å²) < 4.78 is 1.81. The number of anilines is 1. The van der Waals surface area contributed by atoms with Crippen LogP contribution in [0.5, 0.6) is 0 Å². The van der Waals surface area contributed by atoms with Crippen LogP contribution in [0.2, 0.25) is 5.02 Å². The highest BCUT2D eigenvalue weighted by Gasteiger charge is 2.38. The van der Waals surface area contributed by atoms with Crippen LogP contribution in [0.15, 0.2) is 60.8 Å². The van der Waals surface area contributed by atoms with E-state index in [0.717, 1.165) is 12.0 Å². The molecule has 0 bridgehead atoms. The minimum atomic E-state index is -1.33. The van der Waals surface area contributed by atoms with Crippen molar-refractivity contribution in [2.45, 2.75) is 51.2 Å². The molecule has 2 heterocycles. The van der Waals surface area contributed by atoms with E-state index in [1.54, 1.807) is 30.7 Å². The zero-order valence-electron chi connectivity index (χ0n) is 20.6. The molecule has 188 valence electrons. The Labute approximate surface area is 214 Å². The molecule has 1 atom stereocenters. The number of halogens is 1. The molecule has 10 heteroatoms. The lowest BCUT2D eigenvalue weighted by atomic mass is 9.89. The topological polar surface area (TPSA) is 117 Å². The van der Waals surface area contributed by atoms with Crippen LogP contribution in [0.4, 0.5) is 5.82 Å². The Morgan fingerprint density at radius 2 is 1.69 bits per heavy atom. The second-order valence-corrected chi connectivity index (χ2v) is 10.4. The number of benzene rings is 2. The van der Waals surface area contributed by atoms with Crippen molar-refractivity contribution < 1.29 is 14.4 Å². The van der Waals surface area contributed by atoms with E-state index >= 15 is 0 Å². The van der Waals surface area contributed by atoms with Gasteiger partial charge in [0.1, 0.15) is 16.9 Å². The molecule has 1 aliphatic heterocycles. The Morgan fingerprint density at radius 1 is 1.03 bits per heavy atom. The van der Waals surface area contributed by atoms with E-state index in [2.05, 4.69) is 40.4 Å². The summed E-state index contributed by atoms with van der Waals surface area (Å²) >= 11 is 5.84. The SMILES string of the molecule is CC(C)(NC(=O)c1cnn2c1NC(c1ccccc1)CC2(C)C)C(=O)NNC(=O)c1ccc(Cl)cc1. The monoisotopic (exact) mass is 508 g/mol. The number of carbonyl (C=O) groups is 3. The molecule has 36 heavy (non-hydrogen) atoms. The predicted molar refractivity (Wildman–Crippen MR) is 138 cm³/mol. The van der Waals surface area contributed by atoms with E-state index in [9.17, 15) is 14.4 Å². The van der Waals surface area contributed by atoms with Gasteiger partial charge in [-0.2, -0.15) is 5.10 Å². The van der Waals surface area contributed by atoms with Crippen LogP contribution >= 0.6 is 11.6 Å². The molecule has 1 unspecified atom stereocenters. The molecule has 9 nitrogen and oxygen atoms in total. The highest BCUT2D eigenvalue weighted by molar-refractivity contribution is 6.30. The quantitative estimate of drug-likeness (QED) is 0.391. The lowest BCUT2D eigenvalue weighted by molar-refractivity contribution is -0.126. The van der Waals surface area contributed by atoms with Gasteiger partial charge in [0, 0.05) is 10.6 Å². The van der Waals surface area contributed by atoms with Gasteiger partial charge in [-0.3, -0.25) is 25.2 Å². The third-order valence-electron chi connectivity index (χ3n) is 6.19. The number of nitrogens with one attached hydrogen (secondary N) is 4. The standard InChI is InChI=1S/C26H29ClN6O3/c1-25(2)14-20(16-8-6-5-7-9-16)29-21-19(15-28-33(21)25)23(35)30-26(3,4)24(36)32-31-22(34)17-10-12-18(27)13-11-17/h5-13,15,20,29H,14H2,1-4H3,(H,30,35)(H,31,34)(H,32,36). The van der Waals surface area contributed by atoms with Gasteiger partial charge in [0.15, 0.2) is 0 Å². The molecule has 0 radical (unpaired) electrons. The van der Waals surface area contributed by atoms with E-state index in [-0.39, 0.29) is 11.6 Å². The Kier molecular flexibility index (Phi) is 6.77. The van der Waals surface area contributed by atoms with Gasteiger partial charge in [0.2, 0.25) is 0 Å². The first-order valence-electron chi connectivity index (χ1n) is 11.6. The minimum absolute atomic E-state index is 0.00339. The molecule has 2 aromatic carbocycles. The molecule has 0 aliphatic carbocycles. The van der Waals surface area contributed by atoms with Crippen molar-refractivity contribution in [3.05, 3.63) is 82.5 Å². The number of hydrogen-bond acceptors (Lipinski definition) is 5. The summed E-state index contributed by atoms with van der Waals surface area (Å²) in [6, 6.07) is 16.2. The summed E-state index contributed by atoms with van der Waals surface area (Å²) in [5.74, 6) is -0.969. The first-order chi connectivity index (χ1) is 17.0. The van der Waals surface area contributed by atoms with Crippen molar-refractivity contribution in [2.75, 3.05) is 5.32 Å². The number of nitrogens with zero attached hydrogens (tertiary/aromatic N) is 2. The molecule has 1 aromatic heterocycles. The second kappa shape index (κ2) is 9.66. The summed E-state index contributed by atoms with van der Waals surface area (Å²) in [6.45, 7) is 7.25. The molecule has 0 saturated carbocycles. The molecule has 0 spiro atoms. The third kappa shape index (κ3) is 5.21. The van der Waals surface area contributed by atoms with Gasteiger partial charge >= 0.3 is 0 Å². The van der Waals surface area contributed by atoms with Crippen LogP contribution < -0.4 is 21.5 Å². The van der Waals surface area contributed by atoms with Gasteiger partial charge in [-0.1, -0.05) is 41.9 Å². The first-order valence-corrected chi connectivity index (χ1v) is 11.9. The largest absolute Gasteiger partial charge is 0.363 e. The second-order valence-electron chi connectivity index (χ2n) is 9.94. The summed E-state index contributed by atoms with van der Waals surface area (Å²) in [6.07, 6.45) is 2.29. The first kappa shape index (κ1) is 25.2. The maximum absolute atomic E-state index is 13.3. The number of hydrogen-bond donors (Lipinski definition) is 4. The van der Waals surface area contributed by atoms with Gasteiger partial charge in [-0.15, -0.1) is 0 Å². The Morgan fingerprint density at radius 3 is 2.36 bits per heavy atom. The fraction of sp³-hybridized carbons (Fsp3) is 0.308. The van der Waals surface area contributed by atoms with Crippen molar-refractivity contribution in [3.63, 3.8) is 0 Å². The molecule has 0 saturated heterocycles. The van der Waals surface area contributed by atoms with Gasteiger partial charge in [0.25, 0.3) is 17.7 Å².